The van der Waals surface area contributed by atoms with Gasteiger partial charge >= 0.3 is 0 Å². The van der Waals surface area contributed by atoms with E-state index in [4.69, 9.17) is 9.47 Å². The van der Waals surface area contributed by atoms with Crippen LogP contribution in [-0.2, 0) is 9.47 Å². The van der Waals surface area contributed by atoms with Gasteiger partial charge in [-0.15, -0.1) is 0 Å². The fourth-order valence-electron chi connectivity index (χ4n) is 3.55. The van der Waals surface area contributed by atoms with E-state index in [1.807, 2.05) is 0 Å². The predicted octanol–water partition coefficient (Wildman–Crippen LogP) is 3.13. The van der Waals surface area contributed by atoms with Crippen LogP contribution in [-0.4, -0.2) is 38.0 Å². The largest absolute Gasteiger partial charge is 0.381 e. The Hall–Kier alpha value is -0.120. The Morgan fingerprint density at radius 1 is 1.32 bits per heavy atom. The van der Waals surface area contributed by atoms with E-state index in [2.05, 4.69) is 19.2 Å². The zero-order valence-corrected chi connectivity index (χ0v) is 12.7. The number of ether oxygens (including phenoxy) is 2. The van der Waals surface area contributed by atoms with Crippen LogP contribution in [0.4, 0.5) is 0 Å². The molecule has 2 aliphatic rings. The molecule has 1 spiro atoms. The predicted molar refractivity (Wildman–Crippen MR) is 78.4 cm³/mol. The van der Waals surface area contributed by atoms with Gasteiger partial charge in [-0.1, -0.05) is 13.8 Å². The molecule has 0 aromatic rings. The first-order chi connectivity index (χ1) is 9.29. The second-order valence-corrected chi connectivity index (χ2v) is 6.20. The lowest BCUT2D eigenvalue weighted by molar-refractivity contribution is -0.147. The first-order valence-electron chi connectivity index (χ1n) is 8.25. The van der Waals surface area contributed by atoms with Crippen molar-refractivity contribution in [1.82, 2.24) is 5.32 Å². The highest BCUT2D eigenvalue weighted by Gasteiger charge is 2.44. The fourth-order valence-corrected chi connectivity index (χ4v) is 3.55. The molecule has 0 amide bonds. The van der Waals surface area contributed by atoms with Gasteiger partial charge in [0.15, 0.2) is 0 Å². The Labute approximate surface area is 118 Å². The van der Waals surface area contributed by atoms with Crippen molar-refractivity contribution in [3.05, 3.63) is 0 Å². The fraction of sp³-hybridized carbons (Fsp3) is 1.00. The van der Waals surface area contributed by atoms with Crippen LogP contribution in [0.5, 0.6) is 0 Å². The summed E-state index contributed by atoms with van der Waals surface area (Å²) in [4.78, 5) is 0. The van der Waals surface area contributed by atoms with Crippen molar-refractivity contribution in [2.24, 2.45) is 5.92 Å². The van der Waals surface area contributed by atoms with Crippen LogP contribution in [0, 0.1) is 5.92 Å². The molecule has 1 aliphatic heterocycles. The average molecular weight is 269 g/mol. The van der Waals surface area contributed by atoms with Gasteiger partial charge in [-0.05, 0) is 57.4 Å². The molecule has 1 heterocycles. The Morgan fingerprint density at radius 2 is 2.16 bits per heavy atom. The summed E-state index contributed by atoms with van der Waals surface area (Å²) in [6, 6.07) is 0.614. The summed E-state index contributed by atoms with van der Waals surface area (Å²) in [5.74, 6) is 0.777. The molecule has 1 saturated carbocycles. The van der Waals surface area contributed by atoms with Gasteiger partial charge in [0.25, 0.3) is 0 Å². The van der Waals surface area contributed by atoms with E-state index < -0.39 is 0 Å². The van der Waals surface area contributed by atoms with E-state index in [0.29, 0.717) is 6.04 Å². The minimum atomic E-state index is 0.265. The summed E-state index contributed by atoms with van der Waals surface area (Å²) in [7, 11) is 0. The minimum absolute atomic E-state index is 0.265. The quantitative estimate of drug-likeness (QED) is 0.687. The molecule has 1 N–H and O–H groups in total. The van der Waals surface area contributed by atoms with E-state index >= 15 is 0 Å². The molecule has 2 atom stereocenters. The Kier molecular flexibility index (Phi) is 6.11. The lowest BCUT2D eigenvalue weighted by atomic mass is 9.70. The maximum Gasteiger partial charge on any atom is 0.0685 e. The van der Waals surface area contributed by atoms with Crippen molar-refractivity contribution in [2.75, 3.05) is 26.4 Å². The minimum Gasteiger partial charge on any atom is -0.381 e. The van der Waals surface area contributed by atoms with Crippen LogP contribution in [0.2, 0.25) is 0 Å². The molecule has 112 valence electrons. The van der Waals surface area contributed by atoms with Crippen LogP contribution in [0.3, 0.4) is 0 Å². The molecule has 1 saturated heterocycles. The van der Waals surface area contributed by atoms with Crippen molar-refractivity contribution in [3.63, 3.8) is 0 Å². The molecule has 0 aromatic carbocycles. The van der Waals surface area contributed by atoms with Crippen molar-refractivity contribution in [3.8, 4) is 0 Å². The highest BCUT2D eigenvalue weighted by Crippen LogP contribution is 2.45. The van der Waals surface area contributed by atoms with Crippen molar-refractivity contribution in [1.29, 1.82) is 0 Å². The van der Waals surface area contributed by atoms with Gasteiger partial charge in [0.05, 0.1) is 5.60 Å². The Balaban J connectivity index is 1.79. The van der Waals surface area contributed by atoms with Crippen LogP contribution in [0.1, 0.15) is 58.8 Å². The third kappa shape index (κ3) is 4.17. The smallest absolute Gasteiger partial charge is 0.0685 e. The molecule has 3 nitrogen and oxygen atoms in total. The first kappa shape index (κ1) is 15.3. The van der Waals surface area contributed by atoms with E-state index in [9.17, 15) is 0 Å². The van der Waals surface area contributed by atoms with Crippen LogP contribution < -0.4 is 5.32 Å². The van der Waals surface area contributed by atoms with E-state index in [1.54, 1.807) is 0 Å². The molecule has 0 aromatic heterocycles. The maximum atomic E-state index is 6.04. The number of hydrogen-bond donors (Lipinski definition) is 1. The summed E-state index contributed by atoms with van der Waals surface area (Å²) >= 11 is 0. The molecule has 2 fully saturated rings. The van der Waals surface area contributed by atoms with Gasteiger partial charge in [-0.3, -0.25) is 0 Å². The highest BCUT2D eigenvalue weighted by molar-refractivity contribution is 4.96. The monoisotopic (exact) mass is 269 g/mol. The number of hydrogen-bond acceptors (Lipinski definition) is 3. The maximum absolute atomic E-state index is 6.04. The molecule has 19 heavy (non-hydrogen) atoms. The summed E-state index contributed by atoms with van der Waals surface area (Å²) in [5.41, 5.74) is 0.265. The standard InChI is InChI=1S/C16H31NO2/c1-3-10-18-11-7-15(17-4-2)14-6-12-19-16(13-14)8-5-9-16/h14-15,17H,3-13H2,1-2H3. The zero-order chi connectivity index (χ0) is 13.6. The van der Waals surface area contributed by atoms with Gasteiger partial charge in [0.1, 0.15) is 0 Å². The van der Waals surface area contributed by atoms with Gasteiger partial charge in [0.2, 0.25) is 0 Å². The van der Waals surface area contributed by atoms with E-state index in [0.717, 1.165) is 45.1 Å². The lowest BCUT2D eigenvalue weighted by Crippen LogP contribution is -2.50. The normalized spacial score (nSPS) is 27.2. The highest BCUT2D eigenvalue weighted by atomic mass is 16.5. The Morgan fingerprint density at radius 3 is 2.79 bits per heavy atom. The van der Waals surface area contributed by atoms with Gasteiger partial charge < -0.3 is 14.8 Å². The van der Waals surface area contributed by atoms with Gasteiger partial charge in [0, 0.05) is 25.9 Å². The van der Waals surface area contributed by atoms with Crippen molar-refractivity contribution < 1.29 is 9.47 Å². The van der Waals surface area contributed by atoms with E-state index in [1.165, 1.54) is 32.1 Å². The van der Waals surface area contributed by atoms with Crippen molar-refractivity contribution in [2.45, 2.75) is 70.4 Å². The zero-order valence-electron chi connectivity index (χ0n) is 12.7. The number of nitrogens with one attached hydrogen (secondary N) is 1. The van der Waals surface area contributed by atoms with Crippen LogP contribution in [0.25, 0.3) is 0 Å². The molecule has 0 bridgehead atoms. The van der Waals surface area contributed by atoms with Gasteiger partial charge in [-0.25, -0.2) is 0 Å². The van der Waals surface area contributed by atoms with Crippen LogP contribution >= 0.6 is 0 Å². The molecule has 0 radical (unpaired) electrons. The molecule has 1 aliphatic carbocycles. The molecule has 3 heteroatoms. The summed E-state index contributed by atoms with van der Waals surface area (Å²) in [6.07, 6.45) is 8.67. The topological polar surface area (TPSA) is 30.5 Å². The average Bonchev–Trinajstić information content (AvgIpc) is 2.41. The molecule has 2 unspecified atom stereocenters. The molecule has 2 rings (SSSR count). The van der Waals surface area contributed by atoms with Crippen LogP contribution in [0.15, 0.2) is 0 Å². The third-order valence-corrected chi connectivity index (χ3v) is 4.75. The van der Waals surface area contributed by atoms with E-state index in [-0.39, 0.29) is 5.60 Å². The van der Waals surface area contributed by atoms with Gasteiger partial charge in [-0.2, -0.15) is 0 Å². The number of rotatable bonds is 8. The summed E-state index contributed by atoms with van der Waals surface area (Å²) in [6.45, 7) is 8.19. The lowest BCUT2D eigenvalue weighted by Gasteiger charge is -2.49. The molecular weight excluding hydrogens is 238 g/mol. The Bertz CT molecular complexity index is 253. The second-order valence-electron chi connectivity index (χ2n) is 6.20. The summed E-state index contributed by atoms with van der Waals surface area (Å²) in [5, 5.41) is 3.68. The summed E-state index contributed by atoms with van der Waals surface area (Å²) < 4.78 is 11.7. The van der Waals surface area contributed by atoms with Crippen molar-refractivity contribution >= 4 is 0 Å². The third-order valence-electron chi connectivity index (χ3n) is 4.75. The SMILES string of the molecule is CCCOCCC(NCC)C1CCOC2(CCC2)C1. The second kappa shape index (κ2) is 7.61. The first-order valence-corrected chi connectivity index (χ1v) is 8.25. The molecular formula is C16H31NO2.